The van der Waals surface area contributed by atoms with Gasteiger partial charge in [-0.15, -0.1) is 0 Å². The molecule has 0 amide bonds. The van der Waals surface area contributed by atoms with Crippen molar-refractivity contribution >= 4 is 0 Å². The molecule has 0 heterocycles. The van der Waals surface area contributed by atoms with Crippen molar-refractivity contribution in [2.75, 3.05) is 26.7 Å². The Kier molecular flexibility index (Phi) is 7.33. The van der Waals surface area contributed by atoms with E-state index >= 15 is 0 Å². The number of hydrogen-bond donors (Lipinski definition) is 2. The molecule has 0 radical (unpaired) electrons. The lowest BCUT2D eigenvalue weighted by molar-refractivity contribution is 0.0842. The van der Waals surface area contributed by atoms with Crippen molar-refractivity contribution in [3.63, 3.8) is 0 Å². The SMILES string of the molecule is CCCNC1CC(C)CC(C)C1CN(C)CC(C)O. The Morgan fingerprint density at radius 1 is 1.32 bits per heavy atom. The summed E-state index contributed by atoms with van der Waals surface area (Å²) >= 11 is 0. The van der Waals surface area contributed by atoms with E-state index in [2.05, 4.69) is 38.0 Å². The number of rotatable bonds is 7. The molecule has 3 heteroatoms. The molecule has 2 N–H and O–H groups in total. The van der Waals surface area contributed by atoms with Crippen molar-refractivity contribution in [3.8, 4) is 0 Å². The van der Waals surface area contributed by atoms with Gasteiger partial charge in [-0.1, -0.05) is 20.8 Å². The van der Waals surface area contributed by atoms with E-state index in [1.54, 1.807) is 0 Å². The summed E-state index contributed by atoms with van der Waals surface area (Å²) < 4.78 is 0. The summed E-state index contributed by atoms with van der Waals surface area (Å²) in [6.07, 6.45) is 3.62. The van der Waals surface area contributed by atoms with E-state index in [0.29, 0.717) is 12.0 Å². The highest BCUT2D eigenvalue weighted by Crippen LogP contribution is 2.34. The molecule has 1 rings (SSSR count). The molecule has 1 aliphatic rings. The Morgan fingerprint density at radius 2 is 2.00 bits per heavy atom. The third-order valence-corrected chi connectivity index (χ3v) is 4.43. The van der Waals surface area contributed by atoms with Crippen molar-refractivity contribution in [2.24, 2.45) is 17.8 Å². The number of aliphatic hydroxyl groups excluding tert-OH is 1. The van der Waals surface area contributed by atoms with Crippen LogP contribution >= 0.6 is 0 Å². The molecule has 19 heavy (non-hydrogen) atoms. The van der Waals surface area contributed by atoms with Crippen LogP contribution < -0.4 is 5.32 Å². The number of aliphatic hydroxyl groups is 1. The minimum Gasteiger partial charge on any atom is -0.392 e. The van der Waals surface area contributed by atoms with Crippen molar-refractivity contribution in [2.45, 2.75) is 59.1 Å². The zero-order chi connectivity index (χ0) is 14.4. The van der Waals surface area contributed by atoms with Gasteiger partial charge in [0, 0.05) is 19.1 Å². The fraction of sp³-hybridized carbons (Fsp3) is 1.00. The molecule has 114 valence electrons. The highest BCUT2D eigenvalue weighted by Gasteiger charge is 2.34. The smallest absolute Gasteiger partial charge is 0.0638 e. The molecule has 1 fully saturated rings. The second-order valence-electron chi connectivity index (χ2n) is 6.85. The van der Waals surface area contributed by atoms with Gasteiger partial charge in [-0.3, -0.25) is 0 Å². The quantitative estimate of drug-likeness (QED) is 0.745. The van der Waals surface area contributed by atoms with E-state index in [4.69, 9.17) is 0 Å². The van der Waals surface area contributed by atoms with Crippen molar-refractivity contribution in [1.29, 1.82) is 0 Å². The predicted octanol–water partition coefficient (Wildman–Crippen LogP) is 2.35. The average Bonchev–Trinajstić information content (AvgIpc) is 2.29. The molecule has 0 aliphatic heterocycles. The van der Waals surface area contributed by atoms with E-state index in [1.165, 1.54) is 19.3 Å². The number of likely N-dealkylation sites (N-methyl/N-ethyl adjacent to an activating group) is 1. The minimum atomic E-state index is -0.232. The molecule has 0 saturated heterocycles. The number of nitrogens with zero attached hydrogens (tertiary/aromatic N) is 1. The van der Waals surface area contributed by atoms with Gasteiger partial charge >= 0.3 is 0 Å². The molecule has 1 saturated carbocycles. The van der Waals surface area contributed by atoms with Crippen LogP contribution in [-0.2, 0) is 0 Å². The zero-order valence-electron chi connectivity index (χ0n) is 13.5. The van der Waals surface area contributed by atoms with Gasteiger partial charge in [-0.05, 0) is 57.5 Å². The lowest BCUT2D eigenvalue weighted by Crippen LogP contribution is -2.49. The van der Waals surface area contributed by atoms with E-state index < -0.39 is 0 Å². The van der Waals surface area contributed by atoms with Gasteiger partial charge in [0.1, 0.15) is 0 Å². The van der Waals surface area contributed by atoms with Crippen LogP contribution in [0.2, 0.25) is 0 Å². The fourth-order valence-corrected chi connectivity index (χ4v) is 3.67. The second kappa shape index (κ2) is 8.23. The lowest BCUT2D eigenvalue weighted by Gasteiger charge is -2.42. The van der Waals surface area contributed by atoms with Crippen LogP contribution in [0.5, 0.6) is 0 Å². The standard InChI is InChI=1S/C16H34N2O/c1-6-7-17-16-9-12(2)8-13(3)15(16)11-18(5)10-14(4)19/h12-17,19H,6-11H2,1-5H3. The third kappa shape index (κ3) is 5.80. The molecule has 3 nitrogen and oxygen atoms in total. The summed E-state index contributed by atoms with van der Waals surface area (Å²) in [6.45, 7) is 11.9. The van der Waals surface area contributed by atoms with Gasteiger partial charge in [0.15, 0.2) is 0 Å². The normalized spacial score (nSPS) is 33.6. The average molecular weight is 270 g/mol. The maximum atomic E-state index is 9.51. The summed E-state index contributed by atoms with van der Waals surface area (Å²) in [6, 6.07) is 0.648. The largest absolute Gasteiger partial charge is 0.392 e. The molecule has 0 aromatic carbocycles. The van der Waals surface area contributed by atoms with Gasteiger partial charge in [-0.25, -0.2) is 0 Å². The van der Waals surface area contributed by atoms with E-state index in [9.17, 15) is 5.11 Å². The maximum absolute atomic E-state index is 9.51. The maximum Gasteiger partial charge on any atom is 0.0638 e. The van der Waals surface area contributed by atoms with E-state index in [-0.39, 0.29) is 6.10 Å². The lowest BCUT2D eigenvalue weighted by atomic mass is 9.72. The van der Waals surface area contributed by atoms with E-state index in [1.807, 2.05) is 6.92 Å². The Balaban J connectivity index is 2.57. The van der Waals surface area contributed by atoms with Crippen LogP contribution in [-0.4, -0.2) is 48.8 Å². The van der Waals surface area contributed by atoms with Crippen LogP contribution in [0.25, 0.3) is 0 Å². The summed E-state index contributed by atoms with van der Waals surface area (Å²) in [5, 5.41) is 13.3. The van der Waals surface area contributed by atoms with Crippen molar-refractivity contribution in [3.05, 3.63) is 0 Å². The molecule has 0 aromatic rings. The molecule has 5 unspecified atom stereocenters. The van der Waals surface area contributed by atoms with Crippen molar-refractivity contribution in [1.82, 2.24) is 10.2 Å². The van der Waals surface area contributed by atoms with Gasteiger partial charge in [0.2, 0.25) is 0 Å². The zero-order valence-corrected chi connectivity index (χ0v) is 13.5. The first-order valence-electron chi connectivity index (χ1n) is 8.04. The Labute approximate surface area is 119 Å². The molecule has 0 bridgehead atoms. The van der Waals surface area contributed by atoms with Gasteiger partial charge < -0.3 is 15.3 Å². The predicted molar refractivity (Wildman–Crippen MR) is 82.3 cm³/mol. The molecular weight excluding hydrogens is 236 g/mol. The van der Waals surface area contributed by atoms with E-state index in [0.717, 1.165) is 31.5 Å². The van der Waals surface area contributed by atoms with Crippen LogP contribution in [0.4, 0.5) is 0 Å². The Hall–Kier alpha value is -0.120. The summed E-state index contributed by atoms with van der Waals surface area (Å²) in [4.78, 5) is 2.29. The highest BCUT2D eigenvalue weighted by molar-refractivity contribution is 4.89. The summed E-state index contributed by atoms with van der Waals surface area (Å²) in [5.74, 6) is 2.32. The molecular formula is C16H34N2O. The first-order chi connectivity index (χ1) is 8.93. The number of hydrogen-bond acceptors (Lipinski definition) is 3. The van der Waals surface area contributed by atoms with Crippen molar-refractivity contribution < 1.29 is 5.11 Å². The first kappa shape index (κ1) is 16.9. The summed E-state index contributed by atoms with van der Waals surface area (Å²) in [5.41, 5.74) is 0. The summed E-state index contributed by atoms with van der Waals surface area (Å²) in [7, 11) is 2.13. The van der Waals surface area contributed by atoms with Gasteiger partial charge in [0.25, 0.3) is 0 Å². The Bertz CT molecular complexity index is 245. The van der Waals surface area contributed by atoms with Crippen LogP contribution in [0.3, 0.4) is 0 Å². The van der Waals surface area contributed by atoms with Crippen LogP contribution in [0, 0.1) is 17.8 Å². The van der Waals surface area contributed by atoms with Gasteiger partial charge in [0.05, 0.1) is 6.10 Å². The molecule has 0 spiro atoms. The highest BCUT2D eigenvalue weighted by atomic mass is 16.3. The topological polar surface area (TPSA) is 35.5 Å². The monoisotopic (exact) mass is 270 g/mol. The second-order valence-corrected chi connectivity index (χ2v) is 6.85. The van der Waals surface area contributed by atoms with Crippen LogP contribution in [0.15, 0.2) is 0 Å². The van der Waals surface area contributed by atoms with Gasteiger partial charge in [-0.2, -0.15) is 0 Å². The number of nitrogens with one attached hydrogen (secondary N) is 1. The molecule has 0 aromatic heterocycles. The third-order valence-electron chi connectivity index (χ3n) is 4.43. The Morgan fingerprint density at radius 3 is 2.58 bits per heavy atom. The first-order valence-corrected chi connectivity index (χ1v) is 8.04. The molecule has 1 aliphatic carbocycles. The van der Waals surface area contributed by atoms with Crippen LogP contribution in [0.1, 0.15) is 47.0 Å². The fourth-order valence-electron chi connectivity index (χ4n) is 3.67. The molecule has 5 atom stereocenters. The minimum absolute atomic E-state index is 0.232.